The van der Waals surface area contributed by atoms with Crippen LogP contribution in [0.15, 0.2) is 18.2 Å². The topological polar surface area (TPSA) is 81.6 Å². The van der Waals surface area contributed by atoms with Gasteiger partial charge in [-0.2, -0.15) is 0 Å². The molecule has 4 N–H and O–H groups in total. The summed E-state index contributed by atoms with van der Waals surface area (Å²) in [6, 6.07) is 4.65. The van der Waals surface area contributed by atoms with Gasteiger partial charge in [-0.3, -0.25) is 4.79 Å². The number of rotatable bonds is 2. The molecule has 0 aromatic heterocycles. The fourth-order valence-electron chi connectivity index (χ4n) is 3.48. The molecule has 5 heteroatoms. The van der Waals surface area contributed by atoms with E-state index in [-0.39, 0.29) is 0 Å². The molecule has 1 saturated carbocycles. The van der Waals surface area contributed by atoms with Gasteiger partial charge in [-0.25, -0.2) is 0 Å². The second-order valence-electron chi connectivity index (χ2n) is 6.32. The maximum absolute atomic E-state index is 10.7. The van der Waals surface area contributed by atoms with Crippen LogP contribution in [0.4, 0.5) is 5.69 Å². The highest BCUT2D eigenvalue weighted by Crippen LogP contribution is 2.37. The van der Waals surface area contributed by atoms with Gasteiger partial charge in [0, 0.05) is 12.1 Å². The minimum Gasteiger partial charge on any atom is -0.495 e. The lowest BCUT2D eigenvalue weighted by Gasteiger charge is -2.32. The molecule has 2 aliphatic rings. The number of likely N-dealkylation sites (tertiary alicyclic amines) is 1. The molecule has 0 radical (unpaired) electrons. The Kier molecular flexibility index (Phi) is 5.66. The van der Waals surface area contributed by atoms with Crippen LogP contribution in [0.3, 0.4) is 0 Å². The van der Waals surface area contributed by atoms with Gasteiger partial charge in [-0.1, -0.05) is 12.8 Å². The Hall–Kier alpha value is -1.75. The normalized spacial score (nSPS) is 24.1. The van der Waals surface area contributed by atoms with E-state index in [1.54, 1.807) is 12.1 Å². The summed E-state index contributed by atoms with van der Waals surface area (Å²) < 4.78 is 4.90. The number of anilines is 1. The zero-order valence-corrected chi connectivity index (χ0v) is 13.5. The molecule has 1 aromatic rings. The van der Waals surface area contributed by atoms with Crippen molar-refractivity contribution >= 4 is 11.6 Å². The number of piperidine rings is 1. The molecular weight excluding hydrogens is 278 g/mol. The highest BCUT2D eigenvalue weighted by atomic mass is 16.5. The van der Waals surface area contributed by atoms with Crippen LogP contribution in [0, 0.1) is 11.8 Å². The number of amides is 1. The average Bonchev–Trinajstić information content (AvgIpc) is 2.95. The Morgan fingerprint density at radius 2 is 2.00 bits per heavy atom. The summed E-state index contributed by atoms with van der Waals surface area (Å²) in [5.41, 5.74) is 11.5. The largest absolute Gasteiger partial charge is 0.495 e. The van der Waals surface area contributed by atoms with Crippen LogP contribution in [0.25, 0.3) is 0 Å². The van der Waals surface area contributed by atoms with Gasteiger partial charge in [0.25, 0.3) is 0 Å². The van der Waals surface area contributed by atoms with Crippen molar-refractivity contribution in [3.05, 3.63) is 23.8 Å². The van der Waals surface area contributed by atoms with Gasteiger partial charge in [-0.15, -0.1) is 0 Å². The molecule has 2 fully saturated rings. The first-order valence-electron chi connectivity index (χ1n) is 7.93. The number of hydrogen-bond donors (Lipinski definition) is 2. The summed E-state index contributed by atoms with van der Waals surface area (Å²) in [4.78, 5) is 13.2. The van der Waals surface area contributed by atoms with Crippen LogP contribution in [-0.4, -0.2) is 38.1 Å². The molecule has 1 aliphatic heterocycles. The molecule has 1 aliphatic carbocycles. The molecule has 22 heavy (non-hydrogen) atoms. The zero-order valence-electron chi connectivity index (χ0n) is 13.5. The third-order valence-corrected chi connectivity index (χ3v) is 4.76. The van der Waals surface area contributed by atoms with E-state index >= 15 is 0 Å². The molecular formula is C17H27N3O2. The molecule has 1 heterocycles. The predicted octanol–water partition coefficient (Wildman–Crippen LogP) is 2.11. The van der Waals surface area contributed by atoms with Gasteiger partial charge in [0.2, 0.25) is 5.91 Å². The first-order chi connectivity index (χ1) is 10.5. The second kappa shape index (κ2) is 7.49. The summed E-state index contributed by atoms with van der Waals surface area (Å²) in [5.74, 6) is 2.15. The first-order valence-corrected chi connectivity index (χ1v) is 7.93. The Morgan fingerprint density at radius 1 is 1.27 bits per heavy atom. The maximum atomic E-state index is 10.7. The van der Waals surface area contributed by atoms with E-state index in [1.165, 1.54) is 51.9 Å². The van der Waals surface area contributed by atoms with Crippen molar-refractivity contribution in [1.82, 2.24) is 4.90 Å². The smallest absolute Gasteiger partial charge is 0.248 e. The van der Waals surface area contributed by atoms with Crippen LogP contribution in [0.2, 0.25) is 0 Å². The number of benzene rings is 1. The number of nitrogens with two attached hydrogens (primary N) is 2. The standard InChI is InChI=1S/C9H17N.C8H10N2O2/c1-10-6-5-8-3-2-4-9(8)7-10;1-12-7-4-5(8(10)11)2-3-6(7)9/h8-9H,2-7H2,1H3;2-4H,9H2,1H3,(H2,10,11)/t8-,9+;/m0./s1. The minimum atomic E-state index is -0.492. The van der Waals surface area contributed by atoms with Crippen molar-refractivity contribution in [2.75, 3.05) is 33.0 Å². The van der Waals surface area contributed by atoms with Crippen LogP contribution < -0.4 is 16.2 Å². The summed E-state index contributed by atoms with van der Waals surface area (Å²) in [5, 5.41) is 0. The third kappa shape index (κ3) is 4.13. The second-order valence-corrected chi connectivity index (χ2v) is 6.32. The molecule has 1 amide bonds. The van der Waals surface area contributed by atoms with E-state index in [9.17, 15) is 4.79 Å². The minimum absolute atomic E-state index is 0.390. The van der Waals surface area contributed by atoms with Gasteiger partial charge >= 0.3 is 0 Å². The molecule has 0 spiro atoms. The van der Waals surface area contributed by atoms with Crippen LogP contribution in [0.1, 0.15) is 36.0 Å². The van der Waals surface area contributed by atoms with Crippen LogP contribution in [-0.2, 0) is 0 Å². The predicted molar refractivity (Wildman–Crippen MR) is 88.9 cm³/mol. The third-order valence-electron chi connectivity index (χ3n) is 4.76. The fourth-order valence-corrected chi connectivity index (χ4v) is 3.48. The Morgan fingerprint density at radius 3 is 2.68 bits per heavy atom. The quantitative estimate of drug-likeness (QED) is 0.820. The lowest BCUT2D eigenvalue weighted by atomic mass is 9.89. The highest BCUT2D eigenvalue weighted by molar-refractivity contribution is 5.93. The van der Waals surface area contributed by atoms with E-state index < -0.39 is 5.91 Å². The molecule has 0 unspecified atom stereocenters. The number of hydrogen-bond acceptors (Lipinski definition) is 4. The van der Waals surface area contributed by atoms with Gasteiger partial charge in [0.1, 0.15) is 5.75 Å². The first kappa shape index (κ1) is 16.6. The number of methoxy groups -OCH3 is 1. The summed E-state index contributed by atoms with van der Waals surface area (Å²) in [7, 11) is 3.74. The van der Waals surface area contributed by atoms with Gasteiger partial charge in [0.15, 0.2) is 0 Å². The molecule has 2 atom stereocenters. The van der Waals surface area contributed by atoms with Gasteiger partial charge in [-0.05, 0) is 56.5 Å². The Bertz CT molecular complexity index is 519. The SMILES string of the molecule is CN1CC[C@@H]2CCC[C@@H]2C1.COc1cc(C(N)=O)ccc1N. The lowest BCUT2D eigenvalue weighted by molar-refractivity contribution is 0.1000. The summed E-state index contributed by atoms with van der Waals surface area (Å²) >= 11 is 0. The van der Waals surface area contributed by atoms with E-state index in [4.69, 9.17) is 16.2 Å². The number of carbonyl (C=O) groups excluding carboxylic acids is 1. The number of fused-ring (bicyclic) bond motifs is 1. The maximum Gasteiger partial charge on any atom is 0.248 e. The van der Waals surface area contributed by atoms with Crippen molar-refractivity contribution in [2.24, 2.45) is 17.6 Å². The summed E-state index contributed by atoms with van der Waals surface area (Å²) in [6.45, 7) is 2.73. The molecule has 1 saturated heterocycles. The van der Waals surface area contributed by atoms with Crippen molar-refractivity contribution < 1.29 is 9.53 Å². The van der Waals surface area contributed by atoms with E-state index in [0.29, 0.717) is 17.0 Å². The van der Waals surface area contributed by atoms with E-state index in [2.05, 4.69) is 11.9 Å². The number of nitrogens with zero attached hydrogens (tertiary/aromatic N) is 1. The average molecular weight is 305 g/mol. The zero-order chi connectivity index (χ0) is 16.1. The Labute approximate surface area is 132 Å². The summed E-state index contributed by atoms with van der Waals surface area (Å²) in [6.07, 6.45) is 6.01. The van der Waals surface area contributed by atoms with Crippen LogP contribution >= 0.6 is 0 Å². The van der Waals surface area contributed by atoms with Crippen molar-refractivity contribution in [1.29, 1.82) is 0 Å². The lowest BCUT2D eigenvalue weighted by Crippen LogP contribution is -2.35. The van der Waals surface area contributed by atoms with E-state index in [1.807, 2.05) is 0 Å². The molecule has 3 rings (SSSR count). The number of primary amides is 1. The molecule has 0 bridgehead atoms. The highest BCUT2D eigenvalue weighted by Gasteiger charge is 2.31. The van der Waals surface area contributed by atoms with Gasteiger partial charge < -0.3 is 21.1 Å². The van der Waals surface area contributed by atoms with E-state index in [0.717, 1.165) is 11.8 Å². The monoisotopic (exact) mass is 305 g/mol. The van der Waals surface area contributed by atoms with Crippen molar-refractivity contribution in [3.8, 4) is 5.75 Å². The van der Waals surface area contributed by atoms with Gasteiger partial charge in [0.05, 0.1) is 12.8 Å². The number of ether oxygens (including phenoxy) is 1. The van der Waals surface area contributed by atoms with Crippen molar-refractivity contribution in [2.45, 2.75) is 25.7 Å². The fraction of sp³-hybridized carbons (Fsp3) is 0.588. The van der Waals surface area contributed by atoms with Crippen molar-refractivity contribution in [3.63, 3.8) is 0 Å². The molecule has 5 nitrogen and oxygen atoms in total. The Balaban J connectivity index is 0.000000162. The molecule has 1 aromatic carbocycles. The molecule has 122 valence electrons. The number of carbonyl (C=O) groups is 1. The number of nitrogen functional groups attached to an aromatic ring is 1. The van der Waals surface area contributed by atoms with Crippen LogP contribution in [0.5, 0.6) is 5.75 Å².